The van der Waals surface area contributed by atoms with Crippen LogP contribution < -0.4 is 0 Å². The van der Waals surface area contributed by atoms with Crippen LogP contribution in [0.2, 0.25) is 0 Å². The molecule has 7 heteroatoms. The highest BCUT2D eigenvalue weighted by Gasteiger charge is 2.24. The zero-order valence-corrected chi connectivity index (χ0v) is 19.3. The Balaban J connectivity index is 1.21. The number of hydrogen-bond acceptors (Lipinski definition) is 5. The fourth-order valence-electron chi connectivity index (χ4n) is 4.91. The molecule has 168 valence electrons. The monoisotopic (exact) mass is 449 g/mol. The average molecular weight is 450 g/mol. The lowest BCUT2D eigenvalue weighted by molar-refractivity contribution is 0.0755. The van der Waals surface area contributed by atoms with Crippen LogP contribution in [0.15, 0.2) is 48.1 Å². The second-order valence-corrected chi connectivity index (χ2v) is 9.86. The maximum Gasteiger partial charge on any atom is 0.273 e. The third kappa shape index (κ3) is 4.94. The van der Waals surface area contributed by atoms with Gasteiger partial charge in [-0.1, -0.05) is 37.5 Å². The third-order valence-electron chi connectivity index (χ3n) is 6.69. The van der Waals surface area contributed by atoms with Crippen LogP contribution in [0.25, 0.3) is 16.3 Å². The Bertz CT molecular complexity index is 1020. The maximum absolute atomic E-state index is 13.2. The highest BCUT2D eigenvalue weighted by atomic mass is 32.1. The van der Waals surface area contributed by atoms with Crippen LogP contribution in [0, 0.1) is 5.92 Å². The number of carbonyl (C=O) groups is 1. The highest BCUT2D eigenvalue weighted by Crippen LogP contribution is 2.26. The average Bonchev–Trinajstić information content (AvgIpc) is 3.47. The number of thiazole rings is 1. The largest absolute Gasteiger partial charge is 0.336 e. The van der Waals surface area contributed by atoms with E-state index in [0.29, 0.717) is 5.69 Å². The minimum absolute atomic E-state index is 0.0578. The van der Waals surface area contributed by atoms with Crippen molar-refractivity contribution in [3.05, 3.63) is 53.8 Å². The summed E-state index contributed by atoms with van der Waals surface area (Å²) in [5, 5.41) is 7.19. The van der Waals surface area contributed by atoms with Gasteiger partial charge in [0.05, 0.1) is 11.9 Å². The van der Waals surface area contributed by atoms with Gasteiger partial charge in [-0.2, -0.15) is 5.10 Å². The van der Waals surface area contributed by atoms with Crippen LogP contribution in [0.3, 0.4) is 0 Å². The molecule has 0 N–H and O–H groups in total. The van der Waals surface area contributed by atoms with Crippen LogP contribution >= 0.6 is 11.3 Å². The molecule has 2 aliphatic rings. The van der Waals surface area contributed by atoms with E-state index in [-0.39, 0.29) is 5.91 Å². The Morgan fingerprint density at radius 1 is 1.00 bits per heavy atom. The molecule has 1 saturated heterocycles. The first-order valence-electron chi connectivity index (χ1n) is 11.8. The molecule has 1 aliphatic heterocycles. The van der Waals surface area contributed by atoms with Crippen molar-refractivity contribution in [3.8, 4) is 16.3 Å². The van der Waals surface area contributed by atoms with Gasteiger partial charge in [-0.3, -0.25) is 4.79 Å². The van der Waals surface area contributed by atoms with Crippen LogP contribution in [-0.2, 0) is 0 Å². The van der Waals surface area contributed by atoms with Gasteiger partial charge in [-0.05, 0) is 43.9 Å². The Kier molecular flexibility index (Phi) is 6.64. The number of carbonyl (C=O) groups excluding carboxylic acids is 1. The SMILES string of the molecule is O=C(c1csc(-c2cnn(-c3ccccc3)c2)n1)N1CCCN(CC2CCCCC2)CC1. The van der Waals surface area contributed by atoms with E-state index in [1.54, 1.807) is 0 Å². The Morgan fingerprint density at radius 2 is 1.84 bits per heavy atom. The fourth-order valence-corrected chi connectivity index (χ4v) is 5.68. The van der Waals surface area contributed by atoms with Gasteiger partial charge >= 0.3 is 0 Å². The molecule has 0 radical (unpaired) electrons. The molecule has 0 bridgehead atoms. The van der Waals surface area contributed by atoms with Crippen molar-refractivity contribution < 1.29 is 4.79 Å². The van der Waals surface area contributed by atoms with Gasteiger partial charge in [0.15, 0.2) is 0 Å². The Labute approximate surface area is 193 Å². The molecule has 3 heterocycles. The van der Waals surface area contributed by atoms with Gasteiger partial charge in [0.25, 0.3) is 5.91 Å². The maximum atomic E-state index is 13.2. The lowest BCUT2D eigenvalue weighted by Crippen LogP contribution is -2.37. The van der Waals surface area contributed by atoms with Crippen molar-refractivity contribution in [2.45, 2.75) is 38.5 Å². The summed E-state index contributed by atoms with van der Waals surface area (Å²) in [5.41, 5.74) is 2.50. The molecule has 1 amide bonds. The first-order chi connectivity index (χ1) is 15.8. The van der Waals surface area contributed by atoms with Crippen molar-refractivity contribution in [2.24, 2.45) is 5.92 Å². The normalized spacial score (nSPS) is 18.6. The predicted molar refractivity (Wildman–Crippen MR) is 128 cm³/mol. The molecule has 1 saturated carbocycles. The van der Waals surface area contributed by atoms with Crippen LogP contribution in [0.1, 0.15) is 49.0 Å². The molecular formula is C25H31N5OS. The lowest BCUT2D eigenvalue weighted by Gasteiger charge is -2.28. The van der Waals surface area contributed by atoms with Crippen LogP contribution in [-0.4, -0.2) is 63.2 Å². The van der Waals surface area contributed by atoms with Crippen molar-refractivity contribution in [2.75, 3.05) is 32.7 Å². The molecule has 2 aromatic heterocycles. The number of aromatic nitrogens is 3. The van der Waals surface area contributed by atoms with E-state index in [9.17, 15) is 4.79 Å². The summed E-state index contributed by atoms with van der Waals surface area (Å²) in [6.07, 6.45) is 11.8. The molecular weight excluding hydrogens is 418 g/mol. The number of amides is 1. The lowest BCUT2D eigenvalue weighted by atomic mass is 9.89. The van der Waals surface area contributed by atoms with E-state index in [0.717, 1.165) is 54.8 Å². The molecule has 2 fully saturated rings. The quantitative estimate of drug-likeness (QED) is 0.565. The summed E-state index contributed by atoms with van der Waals surface area (Å²) < 4.78 is 1.84. The van der Waals surface area contributed by atoms with Gasteiger partial charge in [0.2, 0.25) is 0 Å². The van der Waals surface area contributed by atoms with Gasteiger partial charge in [0, 0.05) is 43.3 Å². The minimum atomic E-state index is 0.0578. The van der Waals surface area contributed by atoms with E-state index >= 15 is 0 Å². The number of nitrogens with zero attached hydrogens (tertiary/aromatic N) is 5. The minimum Gasteiger partial charge on any atom is -0.336 e. The number of benzene rings is 1. The molecule has 6 nitrogen and oxygen atoms in total. The first-order valence-corrected chi connectivity index (χ1v) is 12.7. The topological polar surface area (TPSA) is 54.3 Å². The molecule has 0 atom stereocenters. The van der Waals surface area contributed by atoms with Gasteiger partial charge in [-0.15, -0.1) is 11.3 Å². The molecule has 1 aromatic carbocycles. The van der Waals surface area contributed by atoms with Crippen molar-refractivity contribution >= 4 is 17.2 Å². The molecule has 0 spiro atoms. The zero-order valence-electron chi connectivity index (χ0n) is 18.5. The van der Waals surface area contributed by atoms with Crippen LogP contribution in [0.5, 0.6) is 0 Å². The number of para-hydroxylation sites is 1. The molecule has 5 rings (SSSR count). The summed E-state index contributed by atoms with van der Waals surface area (Å²) >= 11 is 1.51. The second-order valence-electron chi connectivity index (χ2n) is 9.00. The first kappa shape index (κ1) is 21.3. The van der Waals surface area contributed by atoms with E-state index < -0.39 is 0 Å². The standard InChI is InChI=1S/C25H31N5OS/c31-25(29-13-7-12-28(14-15-29)17-20-8-3-1-4-9-20)23-19-32-24(27-23)21-16-26-30(18-21)22-10-5-2-6-11-22/h2,5-6,10-11,16,18-20H,1,3-4,7-9,12-15,17H2. The van der Waals surface area contributed by atoms with E-state index in [1.165, 1.54) is 50.0 Å². The van der Waals surface area contributed by atoms with E-state index in [2.05, 4.69) is 15.0 Å². The van der Waals surface area contributed by atoms with Crippen molar-refractivity contribution in [3.63, 3.8) is 0 Å². The molecule has 32 heavy (non-hydrogen) atoms. The van der Waals surface area contributed by atoms with Gasteiger partial charge < -0.3 is 9.80 Å². The van der Waals surface area contributed by atoms with Crippen molar-refractivity contribution in [1.29, 1.82) is 0 Å². The van der Waals surface area contributed by atoms with Gasteiger partial charge in [0.1, 0.15) is 10.7 Å². The van der Waals surface area contributed by atoms with Crippen LogP contribution in [0.4, 0.5) is 0 Å². The molecule has 3 aromatic rings. The summed E-state index contributed by atoms with van der Waals surface area (Å²) in [6.45, 7) is 4.89. The third-order valence-corrected chi connectivity index (χ3v) is 7.58. The summed E-state index contributed by atoms with van der Waals surface area (Å²) in [6, 6.07) is 10.0. The zero-order chi connectivity index (χ0) is 21.8. The molecule has 1 aliphatic carbocycles. The van der Waals surface area contributed by atoms with Crippen molar-refractivity contribution in [1.82, 2.24) is 24.6 Å². The fraction of sp³-hybridized carbons (Fsp3) is 0.480. The Hall–Kier alpha value is -2.51. The Morgan fingerprint density at radius 3 is 2.69 bits per heavy atom. The number of hydrogen-bond donors (Lipinski definition) is 0. The summed E-state index contributed by atoms with van der Waals surface area (Å²) in [5.74, 6) is 0.909. The van der Waals surface area contributed by atoms with E-state index in [4.69, 9.17) is 0 Å². The number of rotatable bonds is 5. The smallest absolute Gasteiger partial charge is 0.273 e. The predicted octanol–water partition coefficient (Wildman–Crippen LogP) is 4.72. The molecule has 0 unspecified atom stereocenters. The highest BCUT2D eigenvalue weighted by molar-refractivity contribution is 7.13. The van der Waals surface area contributed by atoms with E-state index in [1.807, 2.05) is 57.7 Å². The van der Waals surface area contributed by atoms with Gasteiger partial charge in [-0.25, -0.2) is 9.67 Å². The summed E-state index contributed by atoms with van der Waals surface area (Å²) in [4.78, 5) is 22.4. The summed E-state index contributed by atoms with van der Waals surface area (Å²) in [7, 11) is 0. The second kappa shape index (κ2) is 9.96.